The number of rotatable bonds is 5. The lowest BCUT2D eigenvalue weighted by Gasteiger charge is -2.39. The smallest absolute Gasteiger partial charge is 0.340 e. The molecule has 0 radical (unpaired) electrons. The van der Waals surface area contributed by atoms with E-state index in [0.29, 0.717) is 54.2 Å². The van der Waals surface area contributed by atoms with Crippen LogP contribution in [0.15, 0.2) is 42.5 Å². The third-order valence-electron chi connectivity index (χ3n) is 10.7. The maximum absolute atomic E-state index is 15.9. The number of carbonyl (C=O) groups excluding carboxylic acids is 2. The van der Waals surface area contributed by atoms with Crippen molar-refractivity contribution in [2.75, 3.05) is 36.9 Å². The first kappa shape index (κ1) is 31.7. The molecule has 12 heteroatoms. The lowest BCUT2D eigenvalue weighted by molar-refractivity contribution is 0.0515. The molecule has 8 rings (SSSR count). The van der Waals surface area contributed by atoms with E-state index in [4.69, 9.17) is 37.4 Å². The number of ether oxygens (including phenoxy) is 3. The van der Waals surface area contributed by atoms with E-state index in [1.807, 2.05) is 6.07 Å². The lowest BCUT2D eigenvalue weighted by atomic mass is 9.96. The van der Waals surface area contributed by atoms with E-state index in [2.05, 4.69) is 9.80 Å². The fourth-order valence-corrected chi connectivity index (χ4v) is 9.17. The number of carbonyl (C=O) groups is 2. The summed E-state index contributed by atoms with van der Waals surface area (Å²) in [5.41, 5.74) is 3.35. The van der Waals surface area contributed by atoms with Crippen molar-refractivity contribution in [1.29, 1.82) is 0 Å². The molecular weight excluding hydrogens is 660 g/mol. The van der Waals surface area contributed by atoms with Crippen molar-refractivity contribution in [1.82, 2.24) is 4.90 Å². The van der Waals surface area contributed by atoms with Gasteiger partial charge < -0.3 is 34.0 Å². The summed E-state index contributed by atoms with van der Waals surface area (Å²) >= 11 is 13.5. The first-order chi connectivity index (χ1) is 23.2. The summed E-state index contributed by atoms with van der Waals surface area (Å²) in [4.78, 5) is 32.7. The predicted molar refractivity (Wildman–Crippen MR) is 180 cm³/mol. The Balaban J connectivity index is 1.08. The Bertz CT molecular complexity index is 1750. The number of benzene rings is 3. The monoisotopic (exact) mass is 695 g/mol. The Morgan fingerprint density at radius 3 is 2.25 bits per heavy atom. The van der Waals surface area contributed by atoms with Crippen LogP contribution in [0.1, 0.15) is 64.8 Å². The molecule has 9 nitrogen and oxygen atoms in total. The molecule has 5 atom stereocenters. The quantitative estimate of drug-likeness (QED) is 0.305. The minimum absolute atomic E-state index is 0.0848. The number of aliphatic hydroxyl groups excluding tert-OH is 1. The van der Waals surface area contributed by atoms with Crippen LogP contribution < -0.4 is 14.5 Å². The van der Waals surface area contributed by atoms with Gasteiger partial charge in [0.2, 0.25) is 0 Å². The lowest BCUT2D eigenvalue weighted by Crippen LogP contribution is -2.46. The van der Waals surface area contributed by atoms with Gasteiger partial charge in [-0.2, -0.15) is 0 Å². The molecule has 5 heterocycles. The van der Waals surface area contributed by atoms with Crippen molar-refractivity contribution < 1.29 is 33.3 Å². The van der Waals surface area contributed by atoms with E-state index in [0.717, 1.165) is 31.4 Å². The number of aliphatic hydroxyl groups is 1. The molecule has 0 spiro atoms. The molecule has 3 aromatic rings. The molecule has 1 amide bonds. The highest BCUT2D eigenvalue weighted by atomic mass is 35.5. The van der Waals surface area contributed by atoms with Gasteiger partial charge in [0.05, 0.1) is 71.9 Å². The first-order valence-corrected chi connectivity index (χ1v) is 17.2. The molecule has 3 aromatic carbocycles. The fourth-order valence-electron chi connectivity index (χ4n) is 8.53. The van der Waals surface area contributed by atoms with Gasteiger partial charge in [-0.1, -0.05) is 41.4 Å². The number of para-hydroxylation sites is 1. The SMILES string of the molecule is COC(=O)c1cc(F)c(-c2cccc3c2OCN(C(=O)c2c(Cl)cc(N4[C@@H]5CC[C@H]4C[C@@H](O)C5)cc2Cl)C3)cc1N1C2CCC1COC2. The average molecular weight is 697 g/mol. The van der Waals surface area contributed by atoms with E-state index < -0.39 is 11.8 Å². The Morgan fingerprint density at radius 1 is 0.917 bits per heavy atom. The molecule has 4 fully saturated rings. The summed E-state index contributed by atoms with van der Waals surface area (Å²) in [7, 11) is 1.29. The highest BCUT2D eigenvalue weighted by Gasteiger charge is 2.42. The Kier molecular flexibility index (Phi) is 8.18. The minimum Gasteiger partial charge on any atom is -0.472 e. The van der Waals surface area contributed by atoms with Crippen LogP contribution in [0.5, 0.6) is 5.75 Å². The van der Waals surface area contributed by atoms with E-state index >= 15 is 4.39 Å². The number of nitrogens with zero attached hydrogens (tertiary/aromatic N) is 3. The average Bonchev–Trinajstić information content (AvgIpc) is 3.49. The van der Waals surface area contributed by atoms with Gasteiger partial charge in [-0.3, -0.25) is 4.79 Å². The van der Waals surface area contributed by atoms with E-state index in [9.17, 15) is 14.7 Å². The Labute approximate surface area is 288 Å². The molecule has 0 saturated carbocycles. The standard InChI is InChI=1S/C36H36Cl2FN3O6/c1-46-36(45)28-13-31(39)27(14-32(28)42-22-7-8-23(42)17-47-16-22)26-4-2-3-19-15-40(18-48-34(19)26)35(44)33-29(37)11-24(12-30(33)38)41-20-5-6-21(41)10-25(43)9-20/h2-4,11-14,20-23,25,43H,5-10,15-18H2,1H3/t20-,21+,22?,23?,25+. The number of hydrogen-bond donors (Lipinski definition) is 1. The topological polar surface area (TPSA) is 91.8 Å². The second-order valence-electron chi connectivity index (χ2n) is 13.4. The van der Waals surface area contributed by atoms with Crippen LogP contribution in [0.25, 0.3) is 11.1 Å². The number of hydrogen-bond acceptors (Lipinski definition) is 8. The van der Waals surface area contributed by atoms with Crippen LogP contribution in [0.4, 0.5) is 15.8 Å². The van der Waals surface area contributed by atoms with Gasteiger partial charge in [0.25, 0.3) is 5.91 Å². The number of halogens is 3. The minimum atomic E-state index is -0.603. The van der Waals surface area contributed by atoms with Crippen molar-refractivity contribution in [3.63, 3.8) is 0 Å². The summed E-state index contributed by atoms with van der Waals surface area (Å²) in [6.07, 6.45) is 4.95. The number of piperidine rings is 1. The van der Waals surface area contributed by atoms with Gasteiger partial charge in [0.15, 0.2) is 6.73 Å². The maximum atomic E-state index is 15.9. The normalized spacial score (nSPS) is 25.9. The first-order valence-electron chi connectivity index (χ1n) is 16.5. The van der Waals surface area contributed by atoms with Crippen LogP contribution in [0.2, 0.25) is 10.0 Å². The summed E-state index contributed by atoms with van der Waals surface area (Å²) in [6.45, 7) is 1.19. The maximum Gasteiger partial charge on any atom is 0.340 e. The van der Waals surface area contributed by atoms with Crippen molar-refractivity contribution in [3.8, 4) is 16.9 Å². The van der Waals surface area contributed by atoms with Crippen molar-refractivity contribution in [3.05, 3.63) is 75.0 Å². The van der Waals surface area contributed by atoms with Crippen molar-refractivity contribution in [2.45, 2.75) is 75.3 Å². The highest BCUT2D eigenvalue weighted by molar-refractivity contribution is 6.40. The zero-order valence-electron chi connectivity index (χ0n) is 26.5. The number of fused-ring (bicyclic) bond motifs is 5. The number of methoxy groups -OCH3 is 1. The van der Waals surface area contributed by atoms with E-state index in [1.54, 1.807) is 30.3 Å². The van der Waals surface area contributed by atoms with Gasteiger partial charge in [-0.05, 0) is 62.8 Å². The number of morpholine rings is 1. The van der Waals surface area contributed by atoms with Gasteiger partial charge in [0.1, 0.15) is 11.6 Å². The molecule has 0 aromatic heterocycles. The molecule has 4 bridgehead atoms. The van der Waals surface area contributed by atoms with Gasteiger partial charge in [-0.15, -0.1) is 0 Å². The molecule has 5 aliphatic rings. The third-order valence-corrected chi connectivity index (χ3v) is 11.3. The van der Waals surface area contributed by atoms with Gasteiger partial charge in [0, 0.05) is 34.5 Å². The summed E-state index contributed by atoms with van der Waals surface area (Å²) in [5.74, 6) is -1.08. The van der Waals surface area contributed by atoms with Crippen molar-refractivity contribution >= 4 is 46.5 Å². The molecular formula is C36H36Cl2FN3O6. The third kappa shape index (κ3) is 5.28. The van der Waals surface area contributed by atoms with Crippen LogP contribution >= 0.6 is 23.2 Å². The second-order valence-corrected chi connectivity index (χ2v) is 14.3. The summed E-state index contributed by atoms with van der Waals surface area (Å²) in [5, 5.41) is 10.7. The van der Waals surface area contributed by atoms with Crippen molar-refractivity contribution in [2.24, 2.45) is 0 Å². The number of amides is 1. The van der Waals surface area contributed by atoms with Crippen LogP contribution in [0, 0.1) is 5.82 Å². The number of anilines is 2. The summed E-state index contributed by atoms with van der Waals surface area (Å²) in [6, 6.07) is 12.6. The van der Waals surface area contributed by atoms with Crippen LogP contribution in [-0.2, 0) is 16.0 Å². The Hall–Kier alpha value is -3.57. The molecule has 5 aliphatic heterocycles. The molecule has 48 heavy (non-hydrogen) atoms. The Morgan fingerprint density at radius 2 is 1.58 bits per heavy atom. The fraction of sp³-hybridized carbons (Fsp3) is 0.444. The van der Waals surface area contributed by atoms with E-state index in [1.165, 1.54) is 18.1 Å². The predicted octanol–water partition coefficient (Wildman–Crippen LogP) is 6.44. The molecule has 252 valence electrons. The zero-order valence-corrected chi connectivity index (χ0v) is 28.0. The van der Waals surface area contributed by atoms with Gasteiger partial charge in [-0.25, -0.2) is 9.18 Å². The van der Waals surface area contributed by atoms with Crippen LogP contribution in [0.3, 0.4) is 0 Å². The molecule has 4 saturated heterocycles. The largest absolute Gasteiger partial charge is 0.472 e. The highest BCUT2D eigenvalue weighted by Crippen LogP contribution is 2.45. The molecule has 1 N–H and O–H groups in total. The molecule has 0 aliphatic carbocycles. The zero-order chi connectivity index (χ0) is 33.3. The summed E-state index contributed by atoms with van der Waals surface area (Å²) < 4.78 is 32.9. The van der Waals surface area contributed by atoms with E-state index in [-0.39, 0.29) is 70.6 Å². The molecule has 2 unspecified atom stereocenters. The van der Waals surface area contributed by atoms with Gasteiger partial charge >= 0.3 is 5.97 Å². The second kappa shape index (κ2) is 12.4. The van der Waals surface area contributed by atoms with Crippen LogP contribution in [-0.4, -0.2) is 79.2 Å². The number of esters is 1.